The van der Waals surface area contributed by atoms with Crippen LogP contribution >= 0.6 is 0 Å². The predicted octanol–water partition coefficient (Wildman–Crippen LogP) is 8.51. The van der Waals surface area contributed by atoms with Gasteiger partial charge in [-0.1, -0.05) is 62.4 Å². The molecule has 0 saturated heterocycles. The molecule has 194 valence electrons. The van der Waals surface area contributed by atoms with Gasteiger partial charge < -0.3 is 19.6 Å². The lowest BCUT2D eigenvalue weighted by Gasteiger charge is -2.15. The third kappa shape index (κ3) is 7.50. The van der Waals surface area contributed by atoms with E-state index in [2.05, 4.69) is 4.98 Å². The van der Waals surface area contributed by atoms with Crippen molar-refractivity contribution in [3.8, 4) is 22.9 Å². The maximum absolute atomic E-state index is 10.4. The Hall–Kier alpha value is -3.99. The number of rotatable bonds is 8. The Morgan fingerprint density at radius 2 is 1.86 bits per heavy atom. The van der Waals surface area contributed by atoms with Crippen molar-refractivity contribution in [1.82, 2.24) is 9.97 Å². The Kier molecular flexibility index (Phi) is 9.96. The molecule has 0 bridgehead atoms. The van der Waals surface area contributed by atoms with Gasteiger partial charge in [0.1, 0.15) is 29.7 Å². The summed E-state index contributed by atoms with van der Waals surface area (Å²) < 4.78 is 12.1. The third-order valence-corrected chi connectivity index (χ3v) is 5.70. The van der Waals surface area contributed by atoms with Crippen molar-refractivity contribution in [2.24, 2.45) is 0 Å². The lowest BCUT2D eigenvalue weighted by molar-refractivity contribution is 0.240. The molecule has 2 aromatic carbocycles. The molecule has 37 heavy (non-hydrogen) atoms. The second-order valence-corrected chi connectivity index (χ2v) is 8.88. The van der Waals surface area contributed by atoms with Crippen molar-refractivity contribution >= 4 is 6.08 Å². The summed E-state index contributed by atoms with van der Waals surface area (Å²) in [6.07, 6.45) is 10.2. The van der Waals surface area contributed by atoms with Crippen molar-refractivity contribution < 1.29 is 14.6 Å². The smallest absolute Gasteiger partial charge is 0.141 e. The second-order valence-electron chi connectivity index (χ2n) is 8.88. The number of allylic oxidation sites excluding steroid dienone is 6. The minimum atomic E-state index is 0.00190. The fourth-order valence-electron chi connectivity index (χ4n) is 3.89. The number of nitrogens with one attached hydrogen (secondary N) is 1. The fourth-order valence-corrected chi connectivity index (χ4v) is 3.89. The summed E-state index contributed by atoms with van der Waals surface area (Å²) >= 11 is 0. The van der Waals surface area contributed by atoms with Gasteiger partial charge in [-0.25, -0.2) is 4.98 Å². The highest BCUT2D eigenvalue weighted by Gasteiger charge is 2.16. The molecule has 1 heterocycles. The summed E-state index contributed by atoms with van der Waals surface area (Å²) in [5.41, 5.74) is 5.62. The SMILES string of the molecule is C/C(=C\c1nc(-c2ccc(OCc3ccccc3)cc2OC(C)C)[nH]c1C)C1=C(O)C=CC=CC1.CC. The molecular weight excluding hydrogens is 460 g/mol. The van der Waals surface area contributed by atoms with Gasteiger partial charge in [-0.05, 0) is 69.5 Å². The molecule has 5 heteroatoms. The highest BCUT2D eigenvalue weighted by molar-refractivity contribution is 5.69. The van der Waals surface area contributed by atoms with Crippen molar-refractivity contribution in [2.45, 2.75) is 60.7 Å². The van der Waals surface area contributed by atoms with Crippen LogP contribution in [0.2, 0.25) is 0 Å². The summed E-state index contributed by atoms with van der Waals surface area (Å²) in [7, 11) is 0. The van der Waals surface area contributed by atoms with Crippen molar-refractivity contribution in [3.05, 3.63) is 107 Å². The minimum Gasteiger partial charge on any atom is -0.508 e. The van der Waals surface area contributed by atoms with E-state index in [0.717, 1.165) is 45.2 Å². The number of imidazole rings is 1. The van der Waals surface area contributed by atoms with Gasteiger partial charge >= 0.3 is 0 Å². The molecule has 0 spiro atoms. The van der Waals surface area contributed by atoms with Gasteiger partial charge in [-0.2, -0.15) is 0 Å². The zero-order valence-corrected chi connectivity index (χ0v) is 22.7. The molecule has 0 atom stereocenters. The first-order chi connectivity index (χ1) is 17.9. The van der Waals surface area contributed by atoms with Crippen LogP contribution in [-0.2, 0) is 6.61 Å². The number of ether oxygens (including phenoxy) is 2. The van der Waals surface area contributed by atoms with Crippen LogP contribution < -0.4 is 9.47 Å². The maximum Gasteiger partial charge on any atom is 0.141 e. The quantitative estimate of drug-likeness (QED) is 0.327. The van der Waals surface area contributed by atoms with Crippen LogP contribution in [-0.4, -0.2) is 21.2 Å². The standard InChI is InChI=1S/C30H32N2O3.C2H6/c1-20(2)35-29-18-24(34-19-23-11-7-5-8-12-23)15-16-26(29)30-31-22(4)27(32-30)17-21(3)25-13-9-6-10-14-28(25)33;1-2/h5-12,14-18,20,33H,13,19H2,1-4H3,(H,31,32);1-2H3/b21-17+;. The summed E-state index contributed by atoms with van der Waals surface area (Å²) in [6.45, 7) is 12.5. The lowest BCUT2D eigenvalue weighted by Crippen LogP contribution is -2.07. The predicted molar refractivity (Wildman–Crippen MR) is 153 cm³/mol. The summed E-state index contributed by atoms with van der Waals surface area (Å²) in [5, 5.41) is 10.4. The van der Waals surface area contributed by atoms with Gasteiger partial charge in [0.2, 0.25) is 0 Å². The van der Waals surface area contributed by atoms with Gasteiger partial charge in [0.15, 0.2) is 0 Å². The number of aliphatic hydroxyl groups excluding tert-OH is 1. The molecule has 1 aliphatic carbocycles. The lowest BCUT2D eigenvalue weighted by atomic mass is 10.0. The molecule has 4 rings (SSSR count). The summed E-state index contributed by atoms with van der Waals surface area (Å²) in [5.74, 6) is 2.47. The average Bonchev–Trinajstić information content (AvgIpc) is 3.10. The largest absolute Gasteiger partial charge is 0.508 e. The van der Waals surface area contributed by atoms with Crippen LogP contribution in [0.1, 0.15) is 58.0 Å². The van der Waals surface area contributed by atoms with E-state index in [0.29, 0.717) is 18.8 Å². The Labute approximate surface area is 220 Å². The van der Waals surface area contributed by atoms with Crippen LogP contribution in [0.4, 0.5) is 0 Å². The highest BCUT2D eigenvalue weighted by atomic mass is 16.5. The first-order valence-corrected chi connectivity index (χ1v) is 12.9. The summed E-state index contributed by atoms with van der Waals surface area (Å²) in [4.78, 5) is 8.26. The molecule has 5 nitrogen and oxygen atoms in total. The van der Waals surface area contributed by atoms with Gasteiger partial charge in [-0.3, -0.25) is 0 Å². The molecule has 0 unspecified atom stereocenters. The first kappa shape index (κ1) is 27.6. The number of benzene rings is 2. The molecule has 2 N–H and O–H groups in total. The Balaban J connectivity index is 0.00000186. The van der Waals surface area contributed by atoms with Gasteiger partial charge in [0, 0.05) is 17.3 Å². The number of aryl methyl sites for hydroxylation is 1. The minimum absolute atomic E-state index is 0.00190. The molecule has 3 aromatic rings. The van der Waals surface area contributed by atoms with Crippen molar-refractivity contribution in [2.75, 3.05) is 0 Å². The number of aliphatic hydroxyl groups is 1. The molecular formula is C32H38N2O3. The molecule has 0 saturated carbocycles. The topological polar surface area (TPSA) is 67.4 Å². The van der Waals surface area contributed by atoms with Crippen LogP contribution in [0.3, 0.4) is 0 Å². The van der Waals surface area contributed by atoms with E-state index in [1.54, 1.807) is 6.08 Å². The molecule has 1 aliphatic rings. The molecule has 0 amide bonds. The van der Waals surface area contributed by atoms with E-state index in [9.17, 15) is 5.11 Å². The normalized spacial score (nSPS) is 13.3. The molecule has 0 fully saturated rings. The van der Waals surface area contributed by atoms with Crippen molar-refractivity contribution in [3.63, 3.8) is 0 Å². The third-order valence-electron chi connectivity index (χ3n) is 5.70. The van der Waals surface area contributed by atoms with Crippen LogP contribution in [0.25, 0.3) is 17.5 Å². The number of H-pyrrole nitrogens is 1. The van der Waals surface area contributed by atoms with Gasteiger partial charge in [-0.15, -0.1) is 0 Å². The van der Waals surface area contributed by atoms with Crippen molar-refractivity contribution in [1.29, 1.82) is 0 Å². The number of aromatic nitrogens is 2. The summed E-state index contributed by atoms with van der Waals surface area (Å²) in [6, 6.07) is 15.9. The van der Waals surface area contributed by atoms with E-state index in [4.69, 9.17) is 14.5 Å². The van der Waals surface area contributed by atoms with Gasteiger partial charge in [0.25, 0.3) is 0 Å². The van der Waals surface area contributed by atoms with E-state index in [1.165, 1.54) is 0 Å². The van der Waals surface area contributed by atoms with E-state index in [-0.39, 0.29) is 11.9 Å². The molecule has 0 aliphatic heterocycles. The van der Waals surface area contributed by atoms with Gasteiger partial charge in [0.05, 0.1) is 17.4 Å². The van der Waals surface area contributed by atoms with Crippen LogP contribution in [0, 0.1) is 6.92 Å². The molecule has 0 radical (unpaired) electrons. The Morgan fingerprint density at radius 1 is 1.11 bits per heavy atom. The Bertz CT molecular complexity index is 1290. The van der Waals surface area contributed by atoms with E-state index in [1.807, 2.05) is 114 Å². The number of aromatic amines is 1. The first-order valence-electron chi connectivity index (χ1n) is 12.9. The average molecular weight is 499 g/mol. The molecule has 1 aromatic heterocycles. The number of hydrogen-bond acceptors (Lipinski definition) is 4. The van der Waals surface area contributed by atoms with Crippen LogP contribution in [0.15, 0.2) is 89.7 Å². The Morgan fingerprint density at radius 3 is 2.59 bits per heavy atom. The number of nitrogens with zero attached hydrogens (tertiary/aromatic N) is 1. The fraction of sp³-hybridized carbons (Fsp3) is 0.281. The number of hydrogen-bond donors (Lipinski definition) is 2. The van der Waals surface area contributed by atoms with E-state index < -0.39 is 0 Å². The van der Waals surface area contributed by atoms with Crippen LogP contribution in [0.5, 0.6) is 11.5 Å². The zero-order valence-electron chi connectivity index (χ0n) is 22.7. The van der Waals surface area contributed by atoms with E-state index >= 15 is 0 Å². The zero-order chi connectivity index (χ0) is 26.8. The monoisotopic (exact) mass is 498 g/mol. The maximum atomic E-state index is 10.4. The second kappa shape index (κ2) is 13.4. The highest BCUT2D eigenvalue weighted by Crippen LogP contribution is 2.34.